The van der Waals surface area contributed by atoms with Crippen LogP contribution in [0.15, 0.2) is 22.6 Å². The Hall–Kier alpha value is -2.37. The highest BCUT2D eigenvalue weighted by atomic mass is 16.4. The van der Waals surface area contributed by atoms with Crippen LogP contribution in [0.1, 0.15) is 34.6 Å². The molecule has 6 nitrogen and oxygen atoms in total. The number of nitrogens with zero attached hydrogens (tertiary/aromatic N) is 2. The van der Waals surface area contributed by atoms with Gasteiger partial charge in [0, 0.05) is 6.42 Å². The number of carbonyl (C=O) groups is 1. The van der Waals surface area contributed by atoms with Crippen LogP contribution < -0.4 is 11.1 Å². The quantitative estimate of drug-likeness (QED) is 0.852. The van der Waals surface area contributed by atoms with Gasteiger partial charge in [-0.05, 0) is 18.6 Å². The average Bonchev–Trinajstić information content (AvgIpc) is 2.85. The second-order valence-corrected chi connectivity index (χ2v) is 4.16. The fourth-order valence-electron chi connectivity index (χ4n) is 1.77. The molecule has 0 bridgehead atoms. The van der Waals surface area contributed by atoms with Gasteiger partial charge < -0.3 is 15.5 Å². The predicted octanol–water partition coefficient (Wildman–Crippen LogP) is 1.65. The third kappa shape index (κ3) is 2.90. The van der Waals surface area contributed by atoms with Gasteiger partial charge >= 0.3 is 0 Å². The summed E-state index contributed by atoms with van der Waals surface area (Å²) in [5.74, 6) is 0.609. The molecule has 0 spiro atoms. The first-order valence-electron chi connectivity index (χ1n) is 6.06. The highest BCUT2D eigenvalue weighted by molar-refractivity contribution is 5.99. The number of primary amides is 1. The molecule has 100 valence electrons. The number of rotatable bonds is 5. The van der Waals surface area contributed by atoms with Crippen LogP contribution in [-0.2, 0) is 13.0 Å². The zero-order valence-corrected chi connectivity index (χ0v) is 10.9. The molecule has 0 atom stereocenters. The first-order chi connectivity index (χ1) is 9.11. The summed E-state index contributed by atoms with van der Waals surface area (Å²) in [4.78, 5) is 11.4. The minimum Gasteiger partial charge on any atom is -0.423 e. The second-order valence-electron chi connectivity index (χ2n) is 4.16. The Balaban J connectivity index is 2.17. The van der Waals surface area contributed by atoms with Gasteiger partial charge in [0.25, 0.3) is 5.91 Å². The Morgan fingerprint density at radius 2 is 2.11 bits per heavy atom. The maximum absolute atomic E-state index is 11.4. The SMILES string of the molecule is CCc1nnc(CNc2c(C)cccc2C(N)=O)o1. The zero-order chi connectivity index (χ0) is 13.8. The molecule has 0 radical (unpaired) electrons. The van der Waals surface area contributed by atoms with Crippen LogP contribution >= 0.6 is 0 Å². The van der Waals surface area contributed by atoms with Gasteiger partial charge in [0.1, 0.15) is 0 Å². The highest BCUT2D eigenvalue weighted by Crippen LogP contribution is 2.20. The molecule has 0 unspecified atom stereocenters. The van der Waals surface area contributed by atoms with Crippen molar-refractivity contribution < 1.29 is 9.21 Å². The summed E-state index contributed by atoms with van der Waals surface area (Å²) in [7, 11) is 0. The van der Waals surface area contributed by atoms with Gasteiger partial charge in [-0.1, -0.05) is 19.1 Å². The van der Waals surface area contributed by atoms with E-state index >= 15 is 0 Å². The molecule has 0 aliphatic heterocycles. The fourth-order valence-corrected chi connectivity index (χ4v) is 1.77. The van der Waals surface area contributed by atoms with Crippen molar-refractivity contribution in [2.45, 2.75) is 26.8 Å². The van der Waals surface area contributed by atoms with Gasteiger partial charge in [0.05, 0.1) is 17.8 Å². The molecule has 0 aliphatic carbocycles. The molecule has 2 rings (SSSR count). The molecule has 0 saturated carbocycles. The van der Waals surface area contributed by atoms with Crippen LogP contribution in [0.25, 0.3) is 0 Å². The van der Waals surface area contributed by atoms with Crippen LogP contribution in [0.5, 0.6) is 0 Å². The first kappa shape index (κ1) is 13.1. The summed E-state index contributed by atoms with van der Waals surface area (Å²) in [6.07, 6.45) is 0.698. The van der Waals surface area contributed by atoms with E-state index in [0.717, 1.165) is 5.56 Å². The molecule has 2 aromatic rings. The molecule has 19 heavy (non-hydrogen) atoms. The van der Waals surface area contributed by atoms with E-state index in [9.17, 15) is 4.79 Å². The molecule has 3 N–H and O–H groups in total. The number of hydrogen-bond donors (Lipinski definition) is 2. The lowest BCUT2D eigenvalue weighted by Gasteiger charge is -2.11. The van der Waals surface area contributed by atoms with Crippen LogP contribution in [-0.4, -0.2) is 16.1 Å². The number of aryl methyl sites for hydroxylation is 2. The van der Waals surface area contributed by atoms with Crippen LogP contribution in [0, 0.1) is 6.92 Å². The molecule has 1 amide bonds. The van der Waals surface area contributed by atoms with Crippen LogP contribution in [0.4, 0.5) is 5.69 Å². The van der Waals surface area contributed by atoms with Crippen molar-refractivity contribution in [3.05, 3.63) is 41.1 Å². The van der Waals surface area contributed by atoms with Gasteiger partial charge in [-0.3, -0.25) is 4.79 Å². The number of anilines is 1. The molecule has 0 fully saturated rings. The first-order valence-corrected chi connectivity index (χ1v) is 6.06. The Morgan fingerprint density at radius 1 is 1.37 bits per heavy atom. The maximum Gasteiger partial charge on any atom is 0.250 e. The largest absolute Gasteiger partial charge is 0.423 e. The number of benzene rings is 1. The Morgan fingerprint density at radius 3 is 2.74 bits per heavy atom. The van der Waals surface area contributed by atoms with Gasteiger partial charge in [-0.25, -0.2) is 0 Å². The van der Waals surface area contributed by atoms with Crippen molar-refractivity contribution in [2.24, 2.45) is 5.73 Å². The number of hydrogen-bond acceptors (Lipinski definition) is 5. The fraction of sp³-hybridized carbons (Fsp3) is 0.308. The molecule has 1 aromatic carbocycles. The summed E-state index contributed by atoms with van der Waals surface area (Å²) in [6.45, 7) is 4.20. The third-order valence-corrected chi connectivity index (χ3v) is 2.77. The lowest BCUT2D eigenvalue weighted by molar-refractivity contribution is 0.100. The van der Waals surface area contributed by atoms with Crippen molar-refractivity contribution in [1.29, 1.82) is 0 Å². The maximum atomic E-state index is 11.4. The van der Waals surface area contributed by atoms with Crippen molar-refractivity contribution in [1.82, 2.24) is 10.2 Å². The Labute approximate surface area is 111 Å². The summed E-state index contributed by atoms with van der Waals surface area (Å²) < 4.78 is 5.39. The summed E-state index contributed by atoms with van der Waals surface area (Å²) in [6, 6.07) is 5.38. The van der Waals surface area contributed by atoms with E-state index in [0.29, 0.717) is 36.0 Å². The summed E-state index contributed by atoms with van der Waals surface area (Å²) >= 11 is 0. The minimum absolute atomic E-state index is 0.359. The van der Waals surface area contributed by atoms with Crippen molar-refractivity contribution in [3.8, 4) is 0 Å². The van der Waals surface area contributed by atoms with E-state index in [4.69, 9.17) is 10.2 Å². The highest BCUT2D eigenvalue weighted by Gasteiger charge is 2.11. The van der Waals surface area contributed by atoms with Gasteiger partial charge in [0.2, 0.25) is 11.8 Å². The van der Waals surface area contributed by atoms with E-state index in [-0.39, 0.29) is 0 Å². The standard InChI is InChI=1S/C13H16N4O2/c1-3-10-16-17-11(19-10)7-15-12-8(2)5-4-6-9(12)13(14)18/h4-6,15H,3,7H2,1-2H3,(H2,14,18). The van der Waals surface area contributed by atoms with Crippen LogP contribution in [0.2, 0.25) is 0 Å². The minimum atomic E-state index is -0.467. The number of nitrogens with two attached hydrogens (primary N) is 1. The number of aromatic nitrogens is 2. The van der Waals surface area contributed by atoms with Crippen molar-refractivity contribution in [3.63, 3.8) is 0 Å². The predicted molar refractivity (Wildman–Crippen MR) is 70.7 cm³/mol. The topological polar surface area (TPSA) is 94.0 Å². The van der Waals surface area contributed by atoms with Gasteiger partial charge in [-0.15, -0.1) is 10.2 Å². The number of amides is 1. The summed E-state index contributed by atoms with van der Waals surface area (Å²) in [5, 5.41) is 10.9. The molecular formula is C13H16N4O2. The number of para-hydroxylation sites is 1. The molecule has 0 saturated heterocycles. The lowest BCUT2D eigenvalue weighted by atomic mass is 10.1. The molecule has 1 heterocycles. The lowest BCUT2D eigenvalue weighted by Crippen LogP contribution is -2.15. The number of nitrogens with one attached hydrogen (secondary N) is 1. The zero-order valence-electron chi connectivity index (χ0n) is 10.9. The second kappa shape index (κ2) is 5.51. The smallest absolute Gasteiger partial charge is 0.250 e. The third-order valence-electron chi connectivity index (χ3n) is 2.77. The monoisotopic (exact) mass is 260 g/mol. The molecule has 1 aromatic heterocycles. The van der Waals surface area contributed by atoms with E-state index < -0.39 is 5.91 Å². The summed E-state index contributed by atoms with van der Waals surface area (Å²) in [5.41, 5.74) is 7.44. The Kier molecular flexibility index (Phi) is 3.79. The van der Waals surface area contributed by atoms with Crippen LogP contribution in [0.3, 0.4) is 0 Å². The Bertz CT molecular complexity index is 592. The average molecular weight is 260 g/mol. The van der Waals surface area contributed by atoms with Crippen molar-refractivity contribution in [2.75, 3.05) is 5.32 Å². The van der Waals surface area contributed by atoms with E-state index in [2.05, 4.69) is 15.5 Å². The molecular weight excluding hydrogens is 244 g/mol. The van der Waals surface area contributed by atoms with Gasteiger partial charge in [0.15, 0.2) is 0 Å². The van der Waals surface area contributed by atoms with E-state index in [1.165, 1.54) is 0 Å². The normalized spacial score (nSPS) is 10.4. The van der Waals surface area contributed by atoms with E-state index in [1.807, 2.05) is 19.9 Å². The molecule has 0 aliphatic rings. The van der Waals surface area contributed by atoms with Crippen molar-refractivity contribution >= 4 is 11.6 Å². The van der Waals surface area contributed by atoms with Gasteiger partial charge in [-0.2, -0.15) is 0 Å². The number of carbonyl (C=O) groups excluding carboxylic acids is 1. The molecule has 6 heteroatoms. The van der Waals surface area contributed by atoms with E-state index in [1.54, 1.807) is 12.1 Å².